The number of amides is 1. The second-order valence-electron chi connectivity index (χ2n) is 7.91. The number of hydrogen-bond donors (Lipinski definition) is 2. The normalized spacial score (nSPS) is 12.7. The lowest BCUT2D eigenvalue weighted by Gasteiger charge is -2.13. The summed E-state index contributed by atoms with van der Waals surface area (Å²) in [5.74, 6) is -1.22. The maximum Gasteiger partial charge on any atom is 0.326 e. The van der Waals surface area contributed by atoms with Gasteiger partial charge in [0, 0.05) is 27.5 Å². The van der Waals surface area contributed by atoms with Crippen LogP contribution in [0.5, 0.6) is 0 Å². The number of aromatic nitrogens is 1. The van der Waals surface area contributed by atoms with Crippen molar-refractivity contribution in [2.75, 3.05) is 0 Å². The van der Waals surface area contributed by atoms with E-state index in [1.807, 2.05) is 67.6 Å². The molecule has 2 N–H and O–H groups in total. The van der Waals surface area contributed by atoms with E-state index in [9.17, 15) is 14.7 Å². The Balaban J connectivity index is 1.45. The molecule has 5 aromatic rings. The van der Waals surface area contributed by atoms with Crippen LogP contribution >= 0.6 is 0 Å². The van der Waals surface area contributed by atoms with E-state index >= 15 is 0 Å². The van der Waals surface area contributed by atoms with Gasteiger partial charge in [-0.3, -0.25) is 4.79 Å². The number of carboxylic acids is 1. The van der Waals surface area contributed by atoms with Gasteiger partial charge in [0.1, 0.15) is 11.6 Å². The molecule has 3 aromatic carbocycles. The number of furan rings is 1. The highest BCUT2D eigenvalue weighted by molar-refractivity contribution is 6.09. The number of nitrogens with zero attached hydrogens (tertiary/aromatic N) is 2. The summed E-state index contributed by atoms with van der Waals surface area (Å²) in [5, 5.41) is 17.4. The Morgan fingerprint density at radius 1 is 1.03 bits per heavy atom. The van der Waals surface area contributed by atoms with Gasteiger partial charge in [0.05, 0.1) is 6.21 Å². The number of fused-ring (bicyclic) bond motifs is 4. The summed E-state index contributed by atoms with van der Waals surface area (Å²) in [5.41, 5.74) is 5.44. The summed E-state index contributed by atoms with van der Waals surface area (Å²) in [7, 11) is 0. The van der Waals surface area contributed by atoms with Crippen LogP contribution in [0.2, 0.25) is 0 Å². The molecule has 5 rings (SSSR count). The number of para-hydroxylation sites is 1. The molecule has 33 heavy (non-hydrogen) atoms. The predicted octanol–water partition coefficient (Wildman–Crippen LogP) is 5.26. The van der Waals surface area contributed by atoms with E-state index in [0.29, 0.717) is 5.58 Å². The number of carbonyl (C=O) groups is 2. The van der Waals surface area contributed by atoms with Gasteiger partial charge < -0.3 is 14.1 Å². The van der Waals surface area contributed by atoms with Gasteiger partial charge in [-0.1, -0.05) is 48.5 Å². The average Bonchev–Trinajstić information content (AvgIpc) is 3.38. The molecule has 0 saturated heterocycles. The van der Waals surface area contributed by atoms with Crippen molar-refractivity contribution < 1.29 is 19.1 Å². The second kappa shape index (κ2) is 7.94. The van der Waals surface area contributed by atoms with Crippen molar-refractivity contribution in [1.82, 2.24) is 9.99 Å². The van der Waals surface area contributed by atoms with Gasteiger partial charge in [-0.25, -0.2) is 10.2 Å². The van der Waals surface area contributed by atoms with E-state index in [0.717, 1.165) is 38.3 Å². The molecule has 7 nitrogen and oxygen atoms in total. The number of carbonyl (C=O) groups excluding carboxylic acids is 1. The molecular weight excluding hydrogens is 418 g/mol. The SMILES string of the molecule is Cc1c(C=NNC(=O)c2cc3c(ccc4ccccc43)o2)c2ccccc2n1C(C)C(=O)O. The first-order valence-electron chi connectivity index (χ1n) is 10.5. The van der Waals surface area contributed by atoms with Crippen LogP contribution in [0.25, 0.3) is 32.6 Å². The Labute approximate surface area is 188 Å². The van der Waals surface area contributed by atoms with E-state index in [-0.39, 0.29) is 5.76 Å². The van der Waals surface area contributed by atoms with Gasteiger partial charge in [-0.2, -0.15) is 5.10 Å². The van der Waals surface area contributed by atoms with Crippen LogP contribution in [0.1, 0.15) is 34.8 Å². The van der Waals surface area contributed by atoms with Gasteiger partial charge in [-0.15, -0.1) is 0 Å². The Morgan fingerprint density at radius 2 is 1.76 bits per heavy atom. The zero-order valence-electron chi connectivity index (χ0n) is 18.1. The molecule has 0 aliphatic heterocycles. The molecule has 2 heterocycles. The summed E-state index contributed by atoms with van der Waals surface area (Å²) >= 11 is 0. The van der Waals surface area contributed by atoms with Gasteiger partial charge in [0.15, 0.2) is 5.76 Å². The maximum absolute atomic E-state index is 12.7. The third-order valence-corrected chi connectivity index (χ3v) is 5.96. The molecule has 0 fully saturated rings. The molecular formula is C26H21N3O4. The molecule has 1 amide bonds. The smallest absolute Gasteiger partial charge is 0.326 e. The van der Waals surface area contributed by atoms with Gasteiger partial charge in [-0.05, 0) is 42.8 Å². The lowest BCUT2D eigenvalue weighted by Crippen LogP contribution is -2.17. The molecule has 0 radical (unpaired) electrons. The van der Waals surface area contributed by atoms with E-state index in [2.05, 4.69) is 10.5 Å². The molecule has 164 valence electrons. The summed E-state index contributed by atoms with van der Waals surface area (Å²) in [6.45, 7) is 3.47. The Hall–Kier alpha value is -4.39. The predicted molar refractivity (Wildman–Crippen MR) is 128 cm³/mol. The van der Waals surface area contributed by atoms with Crippen LogP contribution in [0.15, 0.2) is 76.2 Å². The molecule has 1 atom stereocenters. The summed E-state index contributed by atoms with van der Waals surface area (Å²) in [6.07, 6.45) is 1.54. The third kappa shape index (κ3) is 3.43. The largest absolute Gasteiger partial charge is 0.480 e. The first-order valence-corrected chi connectivity index (χ1v) is 10.5. The minimum atomic E-state index is -0.923. The molecule has 7 heteroatoms. The van der Waals surface area contributed by atoms with Crippen molar-refractivity contribution in [1.29, 1.82) is 0 Å². The highest BCUT2D eigenvalue weighted by atomic mass is 16.4. The maximum atomic E-state index is 12.7. The van der Waals surface area contributed by atoms with Gasteiger partial charge >= 0.3 is 11.9 Å². The number of hydrogen-bond acceptors (Lipinski definition) is 4. The van der Waals surface area contributed by atoms with Crippen LogP contribution in [-0.2, 0) is 4.79 Å². The highest BCUT2D eigenvalue weighted by Crippen LogP contribution is 2.29. The topological polar surface area (TPSA) is 96.8 Å². The number of aliphatic carboxylic acids is 1. The number of nitrogens with one attached hydrogen (secondary N) is 1. The second-order valence-corrected chi connectivity index (χ2v) is 7.91. The fourth-order valence-corrected chi connectivity index (χ4v) is 4.30. The highest BCUT2D eigenvalue weighted by Gasteiger charge is 2.21. The molecule has 1 unspecified atom stereocenters. The minimum absolute atomic E-state index is 0.164. The lowest BCUT2D eigenvalue weighted by atomic mass is 10.1. The van der Waals surface area contributed by atoms with E-state index in [4.69, 9.17) is 4.42 Å². The van der Waals surface area contributed by atoms with Crippen molar-refractivity contribution in [2.45, 2.75) is 19.9 Å². The fraction of sp³-hybridized carbons (Fsp3) is 0.115. The first kappa shape index (κ1) is 20.5. The van der Waals surface area contributed by atoms with Crippen LogP contribution < -0.4 is 5.43 Å². The monoisotopic (exact) mass is 439 g/mol. The number of hydrazone groups is 1. The zero-order chi connectivity index (χ0) is 23.1. The Morgan fingerprint density at radius 3 is 2.55 bits per heavy atom. The van der Waals surface area contributed by atoms with E-state index in [1.165, 1.54) is 0 Å². The minimum Gasteiger partial charge on any atom is -0.480 e. The van der Waals surface area contributed by atoms with Crippen LogP contribution in [0, 0.1) is 6.92 Å². The number of rotatable bonds is 5. The summed E-state index contributed by atoms with van der Waals surface area (Å²) < 4.78 is 7.50. The Kier molecular flexibility index (Phi) is 4.94. The van der Waals surface area contributed by atoms with Crippen molar-refractivity contribution in [3.05, 3.63) is 83.7 Å². The molecule has 0 saturated carbocycles. The van der Waals surface area contributed by atoms with Crippen LogP contribution in [-0.4, -0.2) is 27.8 Å². The van der Waals surface area contributed by atoms with Crippen molar-refractivity contribution in [3.63, 3.8) is 0 Å². The quantitative estimate of drug-likeness (QED) is 0.288. The van der Waals surface area contributed by atoms with Crippen LogP contribution in [0.4, 0.5) is 0 Å². The summed E-state index contributed by atoms with van der Waals surface area (Å²) in [4.78, 5) is 24.3. The van der Waals surface area contributed by atoms with E-state index < -0.39 is 17.9 Å². The summed E-state index contributed by atoms with van der Waals surface area (Å²) in [6, 6.07) is 20.2. The molecule has 0 aliphatic rings. The third-order valence-electron chi connectivity index (χ3n) is 5.96. The average molecular weight is 439 g/mol. The Bertz CT molecular complexity index is 1580. The first-order chi connectivity index (χ1) is 16.0. The van der Waals surface area contributed by atoms with Crippen molar-refractivity contribution >= 4 is 50.7 Å². The molecule has 0 spiro atoms. The zero-order valence-corrected chi connectivity index (χ0v) is 18.1. The number of benzene rings is 3. The lowest BCUT2D eigenvalue weighted by molar-refractivity contribution is -0.140. The van der Waals surface area contributed by atoms with Gasteiger partial charge in [0.25, 0.3) is 0 Å². The van der Waals surface area contributed by atoms with Crippen molar-refractivity contribution in [3.8, 4) is 0 Å². The van der Waals surface area contributed by atoms with E-state index in [1.54, 1.807) is 23.8 Å². The number of carboxylic acid groups (broad SMARTS) is 1. The molecule has 0 aliphatic carbocycles. The van der Waals surface area contributed by atoms with Crippen molar-refractivity contribution in [2.24, 2.45) is 5.10 Å². The van der Waals surface area contributed by atoms with Crippen LogP contribution in [0.3, 0.4) is 0 Å². The standard InChI is InChI=1S/C26H21N3O4/c1-15-21(19-9-5-6-10-22(19)29(15)16(2)26(31)32)14-27-28-25(30)24-13-20-18-8-4-3-7-17(18)11-12-23(20)33-24/h3-14,16H,1-2H3,(H,28,30)(H,31,32). The molecule has 0 bridgehead atoms. The fourth-order valence-electron chi connectivity index (χ4n) is 4.30. The van der Waals surface area contributed by atoms with Gasteiger partial charge in [0.2, 0.25) is 0 Å². The molecule has 2 aromatic heterocycles.